The number of rotatable bonds is 6. The molecule has 1 unspecified atom stereocenters. The van der Waals surface area contributed by atoms with Gasteiger partial charge in [0, 0.05) is 22.2 Å². The molecule has 5 nitrogen and oxygen atoms in total. The lowest BCUT2D eigenvalue weighted by Gasteiger charge is -2.48. The van der Waals surface area contributed by atoms with Crippen molar-refractivity contribution in [1.82, 2.24) is 10.2 Å². The number of hydrogen-bond donors (Lipinski definition) is 2. The van der Waals surface area contributed by atoms with Crippen LogP contribution in [0.2, 0.25) is 10.0 Å². The Hall–Kier alpha value is -2.86. The first kappa shape index (κ1) is 25.8. The van der Waals surface area contributed by atoms with Crippen LogP contribution in [0.1, 0.15) is 64.7 Å². The second-order valence-corrected chi connectivity index (χ2v) is 10.7. The van der Waals surface area contributed by atoms with Crippen LogP contribution in [0.15, 0.2) is 72.8 Å². The molecule has 2 aliphatic rings. The number of nitrogens with one attached hydrogen (secondary N) is 1. The standard InChI is InChI=1S/C30H30Cl2N2O3/c31-20-14-15-23(24(32)18-20)28-27(29(36)33-17-16-19-8-2-1-3-9-19)21-10-4-5-11-22(21)30(37)34(28)25-12-6-7-13-26(25)35/h1-5,8-11,14-15,18,25-28,35H,6-7,12-13,16-17H2,(H,33,36)/t25-,26?,27+,28-/m0/s1. The Labute approximate surface area is 227 Å². The van der Waals surface area contributed by atoms with Crippen molar-refractivity contribution in [2.24, 2.45) is 0 Å². The van der Waals surface area contributed by atoms with Crippen LogP contribution >= 0.6 is 23.2 Å². The average Bonchev–Trinajstić information content (AvgIpc) is 2.90. The molecule has 2 amide bonds. The third-order valence-electron chi connectivity index (χ3n) is 7.55. The number of hydrogen-bond acceptors (Lipinski definition) is 3. The first-order valence-corrected chi connectivity index (χ1v) is 13.6. The van der Waals surface area contributed by atoms with Gasteiger partial charge in [-0.15, -0.1) is 0 Å². The lowest BCUT2D eigenvalue weighted by Crippen LogP contribution is -2.55. The molecule has 37 heavy (non-hydrogen) atoms. The second kappa shape index (κ2) is 11.3. The normalized spacial score (nSPS) is 23.4. The maximum Gasteiger partial charge on any atom is 0.255 e. The zero-order chi connectivity index (χ0) is 25.9. The van der Waals surface area contributed by atoms with Gasteiger partial charge in [-0.25, -0.2) is 0 Å². The maximum absolute atomic E-state index is 14.0. The quantitative estimate of drug-likeness (QED) is 0.409. The van der Waals surface area contributed by atoms with Crippen molar-refractivity contribution >= 4 is 35.0 Å². The van der Waals surface area contributed by atoms with Crippen LogP contribution in [-0.4, -0.2) is 40.5 Å². The molecule has 1 heterocycles. The topological polar surface area (TPSA) is 69.6 Å². The summed E-state index contributed by atoms with van der Waals surface area (Å²) in [6.07, 6.45) is 3.12. The zero-order valence-corrected chi connectivity index (χ0v) is 22.0. The lowest BCUT2D eigenvalue weighted by atomic mass is 9.76. The number of benzene rings is 3. The molecule has 0 bridgehead atoms. The number of nitrogens with zero attached hydrogens (tertiary/aromatic N) is 1. The summed E-state index contributed by atoms with van der Waals surface area (Å²) in [7, 11) is 0. The van der Waals surface area contributed by atoms with Gasteiger partial charge in [0.15, 0.2) is 0 Å². The molecular formula is C30H30Cl2N2O3. The minimum absolute atomic E-state index is 0.179. The Morgan fingerprint density at radius 1 is 0.946 bits per heavy atom. The molecule has 4 atom stereocenters. The fraction of sp³-hybridized carbons (Fsp3) is 0.333. The van der Waals surface area contributed by atoms with Crippen LogP contribution in [0.4, 0.5) is 0 Å². The van der Waals surface area contributed by atoms with E-state index in [1.165, 1.54) is 0 Å². The Morgan fingerprint density at radius 3 is 2.43 bits per heavy atom. The van der Waals surface area contributed by atoms with E-state index in [0.29, 0.717) is 52.5 Å². The van der Waals surface area contributed by atoms with Gasteiger partial charge < -0.3 is 15.3 Å². The van der Waals surface area contributed by atoms with Crippen LogP contribution in [0.3, 0.4) is 0 Å². The average molecular weight is 537 g/mol. The van der Waals surface area contributed by atoms with Crippen molar-refractivity contribution in [2.45, 2.75) is 56.2 Å². The van der Waals surface area contributed by atoms with Gasteiger partial charge in [-0.1, -0.05) is 90.6 Å². The SMILES string of the molecule is O=C(NCCc1ccccc1)[C@@H]1c2ccccc2C(=O)N([C@H]2CCCCC2O)[C@H]1c1ccc(Cl)cc1Cl. The van der Waals surface area contributed by atoms with Crippen LogP contribution in [0.25, 0.3) is 0 Å². The highest BCUT2D eigenvalue weighted by atomic mass is 35.5. The predicted molar refractivity (Wildman–Crippen MR) is 146 cm³/mol. The molecule has 5 rings (SSSR count). The minimum Gasteiger partial charge on any atom is -0.391 e. The molecule has 1 fully saturated rings. The highest BCUT2D eigenvalue weighted by molar-refractivity contribution is 6.35. The molecule has 1 aliphatic heterocycles. The number of aliphatic hydroxyl groups excluding tert-OH is 1. The second-order valence-electron chi connectivity index (χ2n) is 9.83. The third kappa shape index (κ3) is 5.26. The summed E-state index contributed by atoms with van der Waals surface area (Å²) >= 11 is 12.9. The molecule has 1 saturated carbocycles. The van der Waals surface area contributed by atoms with Gasteiger partial charge in [0.1, 0.15) is 0 Å². The van der Waals surface area contributed by atoms with E-state index in [0.717, 1.165) is 18.4 Å². The van der Waals surface area contributed by atoms with E-state index in [4.69, 9.17) is 23.2 Å². The Balaban J connectivity index is 1.57. The molecular weight excluding hydrogens is 507 g/mol. The summed E-state index contributed by atoms with van der Waals surface area (Å²) in [6.45, 7) is 0.461. The molecule has 0 radical (unpaired) electrons. The summed E-state index contributed by atoms with van der Waals surface area (Å²) in [5.74, 6) is -1.06. The fourth-order valence-electron chi connectivity index (χ4n) is 5.77. The molecule has 1 aliphatic carbocycles. The van der Waals surface area contributed by atoms with Gasteiger partial charge in [0.05, 0.1) is 24.1 Å². The Bertz CT molecular complexity index is 1280. The van der Waals surface area contributed by atoms with Gasteiger partial charge in [0.25, 0.3) is 5.91 Å². The van der Waals surface area contributed by atoms with Crippen molar-refractivity contribution in [2.75, 3.05) is 6.54 Å². The largest absolute Gasteiger partial charge is 0.391 e. The van der Waals surface area contributed by atoms with E-state index in [1.807, 2.05) is 48.5 Å². The summed E-state index contributed by atoms with van der Waals surface area (Å²) in [6, 6.07) is 21.3. The minimum atomic E-state index is -0.697. The maximum atomic E-state index is 14.0. The van der Waals surface area contributed by atoms with Crippen LogP contribution in [0, 0.1) is 0 Å². The highest BCUT2D eigenvalue weighted by Crippen LogP contribution is 2.47. The van der Waals surface area contributed by atoms with Crippen molar-refractivity contribution in [3.63, 3.8) is 0 Å². The summed E-state index contributed by atoms with van der Waals surface area (Å²) in [5, 5.41) is 15.0. The molecule has 192 valence electrons. The summed E-state index contributed by atoms with van der Waals surface area (Å²) in [4.78, 5) is 29.7. The van der Waals surface area contributed by atoms with Crippen molar-refractivity contribution in [1.29, 1.82) is 0 Å². The first-order chi connectivity index (χ1) is 18.0. The van der Waals surface area contributed by atoms with E-state index in [1.54, 1.807) is 29.2 Å². The Kier molecular flexibility index (Phi) is 7.84. The van der Waals surface area contributed by atoms with E-state index in [2.05, 4.69) is 5.32 Å². The number of amides is 2. The van der Waals surface area contributed by atoms with Gasteiger partial charge in [-0.2, -0.15) is 0 Å². The molecule has 3 aromatic carbocycles. The lowest BCUT2D eigenvalue weighted by molar-refractivity contribution is -0.125. The fourth-order valence-corrected chi connectivity index (χ4v) is 6.29. The van der Waals surface area contributed by atoms with Gasteiger partial charge >= 0.3 is 0 Å². The molecule has 0 saturated heterocycles. The van der Waals surface area contributed by atoms with E-state index in [9.17, 15) is 14.7 Å². The van der Waals surface area contributed by atoms with E-state index >= 15 is 0 Å². The van der Waals surface area contributed by atoms with Gasteiger partial charge in [-0.3, -0.25) is 9.59 Å². The first-order valence-electron chi connectivity index (χ1n) is 12.8. The van der Waals surface area contributed by atoms with Crippen molar-refractivity contribution in [3.05, 3.63) is 105 Å². The smallest absolute Gasteiger partial charge is 0.255 e. The third-order valence-corrected chi connectivity index (χ3v) is 8.11. The predicted octanol–water partition coefficient (Wildman–Crippen LogP) is 5.94. The number of carbonyl (C=O) groups excluding carboxylic acids is 2. The summed E-state index contributed by atoms with van der Waals surface area (Å²) in [5.41, 5.74) is 2.94. The zero-order valence-electron chi connectivity index (χ0n) is 20.4. The molecule has 2 N–H and O–H groups in total. The van der Waals surface area contributed by atoms with E-state index < -0.39 is 24.1 Å². The highest BCUT2D eigenvalue weighted by Gasteiger charge is 2.48. The summed E-state index contributed by atoms with van der Waals surface area (Å²) < 4.78 is 0. The molecule has 3 aromatic rings. The van der Waals surface area contributed by atoms with Crippen LogP contribution in [-0.2, 0) is 11.2 Å². The monoisotopic (exact) mass is 536 g/mol. The molecule has 0 aromatic heterocycles. The molecule has 0 spiro atoms. The number of aliphatic hydroxyl groups is 1. The van der Waals surface area contributed by atoms with Crippen LogP contribution < -0.4 is 5.32 Å². The van der Waals surface area contributed by atoms with Gasteiger partial charge in [0.2, 0.25) is 5.91 Å². The molecule has 7 heteroatoms. The van der Waals surface area contributed by atoms with Gasteiger partial charge in [-0.05, 0) is 54.2 Å². The van der Waals surface area contributed by atoms with E-state index in [-0.39, 0.29) is 11.8 Å². The number of carbonyl (C=O) groups is 2. The van der Waals surface area contributed by atoms with Crippen LogP contribution in [0.5, 0.6) is 0 Å². The van der Waals surface area contributed by atoms with Crippen molar-refractivity contribution in [3.8, 4) is 0 Å². The number of halogens is 2. The number of fused-ring (bicyclic) bond motifs is 1. The Morgan fingerprint density at radius 2 is 1.68 bits per heavy atom. The van der Waals surface area contributed by atoms with Crippen molar-refractivity contribution < 1.29 is 14.7 Å².